The first kappa shape index (κ1) is 16.4. The summed E-state index contributed by atoms with van der Waals surface area (Å²) in [5.41, 5.74) is -0.317. The van der Waals surface area contributed by atoms with Gasteiger partial charge in [-0.25, -0.2) is 9.78 Å². The first-order chi connectivity index (χ1) is 9.23. The Morgan fingerprint density at radius 3 is 2.60 bits per heavy atom. The minimum Gasteiger partial charge on any atom is -0.465 e. The summed E-state index contributed by atoms with van der Waals surface area (Å²) < 4.78 is 10.5. The number of halogens is 1. The van der Waals surface area contributed by atoms with Gasteiger partial charge in [-0.3, -0.25) is 4.79 Å². The van der Waals surface area contributed by atoms with Crippen molar-refractivity contribution in [2.45, 2.75) is 26.4 Å². The largest absolute Gasteiger partial charge is 0.465 e. The zero-order valence-corrected chi connectivity index (χ0v) is 13.4. The van der Waals surface area contributed by atoms with E-state index in [4.69, 9.17) is 4.74 Å². The van der Waals surface area contributed by atoms with Gasteiger partial charge in [0, 0.05) is 10.7 Å². The van der Waals surface area contributed by atoms with Crippen molar-refractivity contribution in [3.63, 3.8) is 0 Å². The molecule has 0 unspecified atom stereocenters. The Morgan fingerprint density at radius 2 is 2.05 bits per heavy atom. The van der Waals surface area contributed by atoms with Gasteiger partial charge < -0.3 is 14.8 Å². The highest BCUT2D eigenvalue weighted by molar-refractivity contribution is 9.10. The number of hydrogen-bond acceptors (Lipinski definition) is 6. The molecule has 0 aromatic carbocycles. The molecule has 0 radical (unpaired) electrons. The Kier molecular flexibility index (Phi) is 5.50. The quantitative estimate of drug-likeness (QED) is 0.845. The zero-order valence-electron chi connectivity index (χ0n) is 11.8. The molecule has 0 spiro atoms. The predicted molar refractivity (Wildman–Crippen MR) is 77.6 cm³/mol. The molecule has 6 nitrogen and oxygen atoms in total. The van der Waals surface area contributed by atoms with E-state index in [0.29, 0.717) is 4.47 Å². The number of anilines is 1. The van der Waals surface area contributed by atoms with Crippen molar-refractivity contribution >= 4 is 33.7 Å². The lowest BCUT2D eigenvalue weighted by atomic mass is 10.2. The fourth-order valence-electron chi connectivity index (χ4n) is 1.38. The van der Waals surface area contributed by atoms with E-state index in [1.807, 2.05) is 0 Å². The number of hydrogen-bond donors (Lipinski definition) is 1. The molecule has 7 heteroatoms. The Balaban J connectivity index is 2.78. The first-order valence-corrected chi connectivity index (χ1v) is 6.72. The lowest BCUT2D eigenvalue weighted by molar-refractivity contribution is -0.152. The summed E-state index contributed by atoms with van der Waals surface area (Å²) in [6.07, 6.45) is 1.52. The number of nitrogens with one attached hydrogen (secondary N) is 1. The second-order valence-electron chi connectivity index (χ2n) is 4.98. The normalized spacial score (nSPS) is 10.8. The molecule has 1 heterocycles. The van der Waals surface area contributed by atoms with E-state index >= 15 is 0 Å². The third-order valence-electron chi connectivity index (χ3n) is 2.08. The second-order valence-corrected chi connectivity index (χ2v) is 5.90. The molecule has 0 saturated heterocycles. The number of esters is 2. The Hall–Kier alpha value is -1.63. The zero-order chi connectivity index (χ0) is 15.3. The van der Waals surface area contributed by atoms with Crippen LogP contribution in [0.15, 0.2) is 16.7 Å². The minimum atomic E-state index is -0.558. The van der Waals surface area contributed by atoms with E-state index in [9.17, 15) is 9.59 Å². The van der Waals surface area contributed by atoms with Gasteiger partial charge >= 0.3 is 11.9 Å². The van der Waals surface area contributed by atoms with Crippen molar-refractivity contribution in [3.8, 4) is 0 Å². The number of ether oxygens (including phenoxy) is 2. The van der Waals surface area contributed by atoms with Crippen LogP contribution < -0.4 is 5.32 Å². The lowest BCUT2D eigenvalue weighted by Crippen LogP contribution is -2.28. The monoisotopic (exact) mass is 344 g/mol. The molecule has 0 bridgehead atoms. The summed E-state index contributed by atoms with van der Waals surface area (Å²) in [5, 5.41) is 2.77. The maximum absolute atomic E-state index is 11.6. The molecule has 1 rings (SSSR count). The van der Waals surface area contributed by atoms with Gasteiger partial charge in [0.2, 0.25) is 0 Å². The number of aromatic nitrogens is 1. The van der Waals surface area contributed by atoms with Crippen molar-refractivity contribution in [1.29, 1.82) is 0 Å². The van der Waals surface area contributed by atoms with Crippen LogP contribution in [0.5, 0.6) is 0 Å². The van der Waals surface area contributed by atoms with Crippen molar-refractivity contribution in [3.05, 3.63) is 22.3 Å². The van der Waals surface area contributed by atoms with E-state index in [1.165, 1.54) is 13.3 Å². The fourth-order valence-corrected chi connectivity index (χ4v) is 1.71. The highest BCUT2D eigenvalue weighted by atomic mass is 79.9. The fraction of sp³-hybridized carbons (Fsp3) is 0.462. The molecule has 1 aromatic rings. The van der Waals surface area contributed by atoms with E-state index in [-0.39, 0.29) is 17.9 Å². The molecule has 20 heavy (non-hydrogen) atoms. The summed E-state index contributed by atoms with van der Waals surface area (Å²) in [6.45, 7) is 5.25. The molecule has 0 fully saturated rings. The topological polar surface area (TPSA) is 77.5 Å². The molecular weight excluding hydrogens is 328 g/mol. The summed E-state index contributed by atoms with van der Waals surface area (Å²) >= 11 is 3.22. The Morgan fingerprint density at radius 1 is 1.40 bits per heavy atom. The average molecular weight is 345 g/mol. The summed E-state index contributed by atoms with van der Waals surface area (Å²) in [7, 11) is 1.28. The first-order valence-electron chi connectivity index (χ1n) is 5.92. The van der Waals surface area contributed by atoms with E-state index < -0.39 is 17.5 Å². The number of nitrogens with zero attached hydrogens (tertiary/aromatic N) is 1. The molecule has 0 aliphatic heterocycles. The maximum atomic E-state index is 11.6. The summed E-state index contributed by atoms with van der Waals surface area (Å²) in [5.74, 6) is -0.700. The predicted octanol–water partition coefficient (Wildman–Crippen LogP) is 2.38. The Labute approximate surface area is 126 Å². The average Bonchev–Trinajstić information content (AvgIpc) is 2.34. The van der Waals surface area contributed by atoms with Gasteiger partial charge in [0.15, 0.2) is 0 Å². The van der Waals surface area contributed by atoms with Crippen LogP contribution in [0.4, 0.5) is 5.82 Å². The molecule has 0 aliphatic carbocycles. The second kappa shape index (κ2) is 6.69. The SMILES string of the molecule is COC(=O)c1cc(Br)cnc1NCC(=O)OC(C)(C)C. The van der Waals surface area contributed by atoms with Crippen LogP contribution in [0.25, 0.3) is 0 Å². The number of methoxy groups -OCH3 is 1. The molecule has 0 amide bonds. The van der Waals surface area contributed by atoms with Crippen LogP contribution in [0.2, 0.25) is 0 Å². The Bertz CT molecular complexity index is 512. The number of rotatable bonds is 4. The van der Waals surface area contributed by atoms with Gasteiger partial charge in [-0.15, -0.1) is 0 Å². The number of carbonyl (C=O) groups is 2. The standard InChI is InChI=1S/C13H17BrN2O4/c1-13(2,3)20-10(17)7-16-11-9(12(18)19-4)5-8(14)6-15-11/h5-6H,7H2,1-4H3,(H,15,16). The van der Waals surface area contributed by atoms with Gasteiger partial charge in [0.1, 0.15) is 23.5 Å². The van der Waals surface area contributed by atoms with Gasteiger partial charge in [-0.05, 0) is 42.8 Å². The summed E-state index contributed by atoms with van der Waals surface area (Å²) in [4.78, 5) is 27.3. The molecule has 1 aromatic heterocycles. The number of carbonyl (C=O) groups excluding carboxylic acids is 2. The molecule has 0 atom stereocenters. The van der Waals surface area contributed by atoms with Crippen molar-refractivity contribution in [1.82, 2.24) is 4.98 Å². The number of pyridine rings is 1. The lowest BCUT2D eigenvalue weighted by Gasteiger charge is -2.19. The van der Waals surface area contributed by atoms with Crippen LogP contribution in [0.3, 0.4) is 0 Å². The van der Waals surface area contributed by atoms with Crippen LogP contribution in [0, 0.1) is 0 Å². The van der Waals surface area contributed by atoms with Crippen LogP contribution in [-0.2, 0) is 14.3 Å². The third kappa shape index (κ3) is 5.16. The highest BCUT2D eigenvalue weighted by Crippen LogP contribution is 2.19. The minimum absolute atomic E-state index is 0.0874. The van der Waals surface area contributed by atoms with Gasteiger partial charge in [0.25, 0.3) is 0 Å². The van der Waals surface area contributed by atoms with Crippen molar-refractivity contribution in [2.24, 2.45) is 0 Å². The maximum Gasteiger partial charge on any atom is 0.341 e. The molecule has 0 aliphatic rings. The van der Waals surface area contributed by atoms with E-state index in [0.717, 1.165) is 0 Å². The van der Waals surface area contributed by atoms with Crippen LogP contribution >= 0.6 is 15.9 Å². The van der Waals surface area contributed by atoms with E-state index in [2.05, 4.69) is 31.0 Å². The summed E-state index contributed by atoms with van der Waals surface area (Å²) in [6, 6.07) is 1.57. The van der Waals surface area contributed by atoms with E-state index in [1.54, 1.807) is 26.8 Å². The van der Waals surface area contributed by atoms with Gasteiger partial charge in [-0.2, -0.15) is 0 Å². The van der Waals surface area contributed by atoms with Crippen molar-refractivity contribution in [2.75, 3.05) is 19.0 Å². The van der Waals surface area contributed by atoms with Crippen LogP contribution in [-0.4, -0.2) is 36.2 Å². The molecular formula is C13H17BrN2O4. The van der Waals surface area contributed by atoms with Crippen LogP contribution in [0.1, 0.15) is 31.1 Å². The highest BCUT2D eigenvalue weighted by Gasteiger charge is 2.18. The smallest absolute Gasteiger partial charge is 0.341 e. The molecule has 1 N–H and O–H groups in total. The van der Waals surface area contributed by atoms with Crippen molar-refractivity contribution < 1.29 is 19.1 Å². The molecule has 0 saturated carbocycles. The molecule has 110 valence electrons. The van der Waals surface area contributed by atoms with Gasteiger partial charge in [-0.1, -0.05) is 0 Å². The van der Waals surface area contributed by atoms with Gasteiger partial charge in [0.05, 0.1) is 7.11 Å². The third-order valence-corrected chi connectivity index (χ3v) is 2.51.